The van der Waals surface area contributed by atoms with E-state index in [2.05, 4.69) is 10.2 Å². The molecule has 0 fully saturated rings. The Kier molecular flexibility index (Phi) is 2.95. The van der Waals surface area contributed by atoms with Crippen LogP contribution in [0.2, 0.25) is 0 Å². The first-order valence-corrected chi connectivity index (χ1v) is 3.37. The Morgan fingerprint density at radius 1 is 1.33 bits per heavy atom. The molecule has 0 spiro atoms. The van der Waals surface area contributed by atoms with Crippen molar-refractivity contribution in [2.75, 3.05) is 6.61 Å². The summed E-state index contributed by atoms with van der Waals surface area (Å²) in [6, 6.07) is 8.58. The van der Waals surface area contributed by atoms with E-state index in [0.717, 1.165) is 0 Å². The van der Waals surface area contributed by atoms with Gasteiger partial charge in [-0.3, -0.25) is 4.79 Å². The van der Waals surface area contributed by atoms with E-state index < -0.39 is 0 Å². The molecule has 0 aliphatic heterocycles. The number of rotatable bonds is 4. The normalized spacial score (nSPS) is 9.00. The Morgan fingerprint density at radius 3 is 2.58 bits per heavy atom. The van der Waals surface area contributed by atoms with Crippen molar-refractivity contribution in [3.05, 3.63) is 40.8 Å². The largest absolute Gasteiger partial charge is 0.356 e. The summed E-state index contributed by atoms with van der Waals surface area (Å²) >= 11 is 0. The second-order valence-corrected chi connectivity index (χ2v) is 2.14. The summed E-state index contributed by atoms with van der Waals surface area (Å²) < 4.78 is 0. The maximum Gasteiger partial charge on any atom is 0.203 e. The maximum atomic E-state index is 11.1. The molecule has 1 aromatic rings. The van der Waals surface area contributed by atoms with Crippen molar-refractivity contribution in [2.45, 2.75) is 0 Å². The van der Waals surface area contributed by atoms with Crippen LogP contribution in [0.3, 0.4) is 0 Å². The van der Waals surface area contributed by atoms with Gasteiger partial charge in [-0.05, 0) is 0 Å². The molecule has 4 heteroatoms. The molecule has 0 aromatic heterocycles. The van der Waals surface area contributed by atoms with Gasteiger partial charge in [0.1, 0.15) is 0 Å². The lowest BCUT2D eigenvalue weighted by Gasteiger charge is -1.95. The number of Topliss-reactive ketones (excluding diaryl/α,β-unsaturated/α-hetero) is 1. The Balaban J connectivity index is 2.59. The summed E-state index contributed by atoms with van der Waals surface area (Å²) in [5, 5.41) is 2.13. The summed E-state index contributed by atoms with van der Waals surface area (Å²) in [4.78, 5) is 24.7. The molecular weight excluding hydrogens is 158 g/mol. The Hall–Kier alpha value is -1.71. The minimum atomic E-state index is -0.298. The number of benzene rings is 1. The predicted molar refractivity (Wildman–Crippen MR) is 42.5 cm³/mol. The Bertz CT molecular complexity index is 271. The number of hydrogen-bond donors (Lipinski definition) is 0. The minimum absolute atomic E-state index is 0.254. The van der Waals surface area contributed by atoms with Crippen LogP contribution in [0.4, 0.5) is 0 Å². The first-order valence-electron chi connectivity index (χ1n) is 3.37. The van der Waals surface area contributed by atoms with Gasteiger partial charge in [0.05, 0.1) is 0 Å². The van der Waals surface area contributed by atoms with Crippen LogP contribution in [-0.2, 0) is 4.84 Å². The zero-order valence-electron chi connectivity index (χ0n) is 6.27. The molecule has 62 valence electrons. The lowest BCUT2D eigenvalue weighted by Crippen LogP contribution is -2.05. The van der Waals surface area contributed by atoms with Crippen molar-refractivity contribution < 1.29 is 9.63 Å². The van der Waals surface area contributed by atoms with Crippen LogP contribution < -0.4 is 0 Å². The van der Waals surface area contributed by atoms with Gasteiger partial charge in [-0.2, -0.15) is 0 Å². The lowest BCUT2D eigenvalue weighted by atomic mass is 10.1. The molecular formula is C8H7NO3. The Labute approximate surface area is 69.1 Å². The zero-order chi connectivity index (χ0) is 8.81. The van der Waals surface area contributed by atoms with Crippen molar-refractivity contribution in [2.24, 2.45) is 5.34 Å². The average molecular weight is 165 g/mol. The van der Waals surface area contributed by atoms with Gasteiger partial charge in [-0.15, -0.1) is 4.91 Å². The van der Waals surface area contributed by atoms with Gasteiger partial charge in [0.15, 0.2) is 11.9 Å². The summed E-state index contributed by atoms with van der Waals surface area (Å²) in [7, 11) is 0. The average Bonchev–Trinajstić information content (AvgIpc) is 2.15. The first-order chi connectivity index (χ1) is 5.84. The van der Waals surface area contributed by atoms with Gasteiger partial charge >= 0.3 is 0 Å². The fourth-order valence-electron chi connectivity index (χ4n) is 0.792. The van der Waals surface area contributed by atoms with Crippen LogP contribution in [0, 0.1) is 4.91 Å². The van der Waals surface area contributed by atoms with Crippen LogP contribution in [-0.4, -0.2) is 12.4 Å². The van der Waals surface area contributed by atoms with Crippen molar-refractivity contribution in [3.63, 3.8) is 0 Å². The van der Waals surface area contributed by atoms with Gasteiger partial charge in [0.2, 0.25) is 5.78 Å². The van der Waals surface area contributed by atoms with Crippen LogP contribution in [0.25, 0.3) is 0 Å². The summed E-state index contributed by atoms with van der Waals surface area (Å²) in [6.45, 7) is -0.298. The molecule has 0 heterocycles. The van der Waals surface area contributed by atoms with E-state index >= 15 is 0 Å². The molecule has 0 radical (unpaired) electrons. The van der Waals surface area contributed by atoms with Gasteiger partial charge in [0.25, 0.3) is 0 Å². The minimum Gasteiger partial charge on any atom is -0.356 e. The zero-order valence-corrected chi connectivity index (χ0v) is 6.27. The standard InChI is InChI=1S/C8H7NO3/c10-8(6-12-9-11)7-4-2-1-3-5-7/h1-5H,6H2. The van der Waals surface area contributed by atoms with E-state index in [1.165, 1.54) is 0 Å². The molecule has 0 saturated heterocycles. The van der Waals surface area contributed by atoms with Crippen molar-refractivity contribution in [1.82, 2.24) is 0 Å². The van der Waals surface area contributed by atoms with E-state index in [1.807, 2.05) is 0 Å². The molecule has 0 unspecified atom stereocenters. The highest BCUT2D eigenvalue weighted by Crippen LogP contribution is 1.99. The highest BCUT2D eigenvalue weighted by molar-refractivity contribution is 5.96. The van der Waals surface area contributed by atoms with E-state index in [9.17, 15) is 9.70 Å². The maximum absolute atomic E-state index is 11.1. The predicted octanol–water partition coefficient (Wildman–Crippen LogP) is 1.57. The summed E-state index contributed by atoms with van der Waals surface area (Å²) in [5.74, 6) is -0.254. The molecule has 0 aliphatic rings. The second kappa shape index (κ2) is 4.23. The quantitative estimate of drug-likeness (QED) is 0.386. The highest BCUT2D eigenvalue weighted by Gasteiger charge is 2.04. The fraction of sp³-hybridized carbons (Fsp3) is 0.125. The van der Waals surface area contributed by atoms with E-state index in [4.69, 9.17) is 0 Å². The molecule has 0 amide bonds. The van der Waals surface area contributed by atoms with Crippen LogP contribution >= 0.6 is 0 Å². The third kappa shape index (κ3) is 2.16. The molecule has 1 aromatic carbocycles. The molecule has 0 N–H and O–H groups in total. The number of carbonyl (C=O) groups is 1. The highest BCUT2D eigenvalue weighted by atomic mass is 16.7. The topological polar surface area (TPSA) is 55.7 Å². The molecule has 12 heavy (non-hydrogen) atoms. The number of carbonyl (C=O) groups excluding carboxylic acids is 1. The summed E-state index contributed by atoms with van der Waals surface area (Å²) in [6.07, 6.45) is 0. The van der Waals surface area contributed by atoms with Crippen LogP contribution in [0.15, 0.2) is 35.7 Å². The molecule has 0 bridgehead atoms. The Morgan fingerprint density at radius 2 is 2.00 bits per heavy atom. The molecule has 4 nitrogen and oxygen atoms in total. The third-order valence-corrected chi connectivity index (χ3v) is 1.34. The van der Waals surface area contributed by atoms with Crippen molar-refractivity contribution >= 4 is 5.78 Å². The second-order valence-electron chi connectivity index (χ2n) is 2.14. The first kappa shape index (κ1) is 8.39. The van der Waals surface area contributed by atoms with Crippen LogP contribution in [0.5, 0.6) is 0 Å². The third-order valence-electron chi connectivity index (χ3n) is 1.34. The molecule has 0 aliphatic carbocycles. The smallest absolute Gasteiger partial charge is 0.203 e. The lowest BCUT2D eigenvalue weighted by molar-refractivity contribution is 0.0767. The number of ketones is 1. The molecule has 1 rings (SSSR count). The van der Waals surface area contributed by atoms with E-state index in [0.29, 0.717) is 5.56 Å². The fourth-order valence-corrected chi connectivity index (χ4v) is 0.792. The van der Waals surface area contributed by atoms with E-state index in [-0.39, 0.29) is 12.4 Å². The number of nitrogens with zero attached hydrogens (tertiary/aromatic N) is 1. The van der Waals surface area contributed by atoms with Gasteiger partial charge in [0, 0.05) is 5.56 Å². The monoisotopic (exact) mass is 165 g/mol. The molecule has 0 saturated carbocycles. The number of hydrogen-bond acceptors (Lipinski definition) is 4. The van der Waals surface area contributed by atoms with Gasteiger partial charge in [-0.1, -0.05) is 30.3 Å². The van der Waals surface area contributed by atoms with E-state index in [1.54, 1.807) is 30.3 Å². The molecule has 0 atom stereocenters. The van der Waals surface area contributed by atoms with Crippen LogP contribution in [0.1, 0.15) is 10.4 Å². The SMILES string of the molecule is O=NOCC(=O)c1ccccc1. The van der Waals surface area contributed by atoms with Gasteiger partial charge < -0.3 is 4.84 Å². The van der Waals surface area contributed by atoms with Crippen molar-refractivity contribution in [1.29, 1.82) is 0 Å². The van der Waals surface area contributed by atoms with Crippen molar-refractivity contribution in [3.8, 4) is 0 Å². The van der Waals surface area contributed by atoms with Gasteiger partial charge in [-0.25, -0.2) is 0 Å². The summed E-state index contributed by atoms with van der Waals surface area (Å²) in [5.41, 5.74) is 0.515.